The number of pyridine rings is 1. The minimum absolute atomic E-state index is 0.0122. The number of aromatic nitrogens is 3. The first-order valence-electron chi connectivity index (χ1n) is 11.6. The number of H-pyrrole nitrogens is 1. The molecule has 3 aromatic heterocycles. The summed E-state index contributed by atoms with van der Waals surface area (Å²) in [6.07, 6.45) is 4.54. The number of benzene rings is 3. The van der Waals surface area contributed by atoms with Gasteiger partial charge in [-0.25, -0.2) is 13.8 Å². The number of nitrogen functional groups attached to an aromatic ring is 1. The molecule has 0 saturated heterocycles. The van der Waals surface area contributed by atoms with Crippen molar-refractivity contribution in [1.82, 2.24) is 14.5 Å². The third kappa shape index (κ3) is 4.05. The Kier molecular flexibility index (Phi) is 5.94. The van der Waals surface area contributed by atoms with Crippen LogP contribution >= 0.6 is 23.2 Å². The van der Waals surface area contributed by atoms with Crippen molar-refractivity contribution in [3.05, 3.63) is 118 Å². The summed E-state index contributed by atoms with van der Waals surface area (Å²) in [5, 5.41) is 1.33. The van der Waals surface area contributed by atoms with Crippen LogP contribution in [0.3, 0.4) is 0 Å². The van der Waals surface area contributed by atoms with Crippen LogP contribution in [0.1, 0.15) is 26.3 Å². The van der Waals surface area contributed by atoms with Gasteiger partial charge in [0, 0.05) is 35.1 Å². The normalized spacial score (nSPS) is 11.4. The molecule has 0 aliphatic carbocycles. The molecule has 0 fully saturated rings. The van der Waals surface area contributed by atoms with E-state index in [0.717, 1.165) is 33.2 Å². The first-order valence-corrected chi connectivity index (χ1v) is 12.4. The van der Waals surface area contributed by atoms with Crippen molar-refractivity contribution in [3.8, 4) is 11.1 Å². The second-order valence-electron chi connectivity index (χ2n) is 8.84. The van der Waals surface area contributed by atoms with Crippen LogP contribution in [0.2, 0.25) is 10.0 Å². The molecule has 0 aliphatic heterocycles. The molecular formula is C29H16Cl2F2N4O2. The van der Waals surface area contributed by atoms with Gasteiger partial charge >= 0.3 is 0 Å². The summed E-state index contributed by atoms with van der Waals surface area (Å²) in [4.78, 5) is 34.8. The van der Waals surface area contributed by atoms with Gasteiger partial charge in [-0.1, -0.05) is 35.3 Å². The van der Waals surface area contributed by atoms with Crippen LogP contribution in [0.4, 0.5) is 14.5 Å². The van der Waals surface area contributed by atoms with E-state index in [9.17, 15) is 18.4 Å². The minimum atomic E-state index is -1.19. The molecule has 3 N–H and O–H groups in total. The number of hydrogen-bond donors (Lipinski definition) is 2. The van der Waals surface area contributed by atoms with Crippen LogP contribution in [-0.4, -0.2) is 26.2 Å². The van der Waals surface area contributed by atoms with E-state index < -0.39 is 28.9 Å². The number of nitrogens with two attached hydrogens (primary N) is 1. The monoisotopic (exact) mass is 560 g/mol. The summed E-state index contributed by atoms with van der Waals surface area (Å²) in [5.41, 5.74) is 6.65. The Labute approximate surface area is 229 Å². The molecule has 6 aromatic rings. The third-order valence-electron chi connectivity index (χ3n) is 6.52. The largest absolute Gasteiger partial charge is 0.396 e. The number of nitrogens with zero attached hydrogens (tertiary/aromatic N) is 2. The number of ketones is 1. The molecule has 0 atom stereocenters. The predicted molar refractivity (Wildman–Crippen MR) is 147 cm³/mol. The molecule has 0 bridgehead atoms. The molecular weight excluding hydrogens is 545 g/mol. The Morgan fingerprint density at radius 3 is 2.46 bits per heavy atom. The number of hydrogen-bond acceptors (Lipinski definition) is 4. The first-order chi connectivity index (χ1) is 18.7. The number of fused-ring (bicyclic) bond motifs is 2. The molecule has 0 radical (unpaired) electrons. The van der Waals surface area contributed by atoms with Gasteiger partial charge < -0.3 is 10.7 Å². The Bertz CT molecular complexity index is 1960. The van der Waals surface area contributed by atoms with Crippen molar-refractivity contribution in [2.75, 3.05) is 5.73 Å². The third-order valence-corrected chi connectivity index (χ3v) is 7.15. The molecule has 3 heterocycles. The number of anilines is 1. The van der Waals surface area contributed by atoms with E-state index in [1.165, 1.54) is 18.3 Å². The topological polar surface area (TPSA) is 93.8 Å². The Balaban J connectivity index is 1.60. The van der Waals surface area contributed by atoms with E-state index in [1.807, 2.05) is 30.5 Å². The van der Waals surface area contributed by atoms with Gasteiger partial charge in [-0.3, -0.25) is 14.2 Å². The fourth-order valence-corrected chi connectivity index (χ4v) is 5.13. The standard InChI is InChI=1S/C29H16Cl2F2N4O2/c30-19-2-1-3-20(31)24(19)29(39)37-13-18(27(38)25-21(32)5-6-22(34)26(25)33)17-11-16(12-36-28(17)37)14-4-7-23-15(10-14)8-9-35-23/h1-13,35H,34H2. The number of carbonyl (C=O) groups is 2. The van der Waals surface area contributed by atoms with Crippen molar-refractivity contribution in [1.29, 1.82) is 0 Å². The van der Waals surface area contributed by atoms with Crippen molar-refractivity contribution < 1.29 is 18.4 Å². The first kappa shape index (κ1) is 24.8. The molecule has 0 saturated carbocycles. The predicted octanol–water partition coefficient (Wildman–Crippen LogP) is 7.27. The van der Waals surface area contributed by atoms with E-state index in [-0.39, 0.29) is 37.9 Å². The zero-order valence-corrected chi connectivity index (χ0v) is 21.3. The zero-order chi connectivity index (χ0) is 27.4. The van der Waals surface area contributed by atoms with Crippen molar-refractivity contribution in [3.63, 3.8) is 0 Å². The van der Waals surface area contributed by atoms with E-state index in [4.69, 9.17) is 28.9 Å². The molecule has 10 heteroatoms. The van der Waals surface area contributed by atoms with Gasteiger partial charge in [0.25, 0.3) is 5.91 Å². The van der Waals surface area contributed by atoms with Crippen LogP contribution in [0.15, 0.2) is 79.3 Å². The number of carbonyl (C=O) groups excluding carboxylic acids is 2. The van der Waals surface area contributed by atoms with Crippen LogP contribution < -0.4 is 5.73 Å². The number of rotatable bonds is 4. The molecule has 0 amide bonds. The van der Waals surface area contributed by atoms with E-state index >= 15 is 0 Å². The lowest BCUT2D eigenvalue weighted by atomic mass is 9.99. The summed E-state index contributed by atoms with van der Waals surface area (Å²) in [5.74, 6) is -3.95. The van der Waals surface area contributed by atoms with Crippen molar-refractivity contribution in [2.24, 2.45) is 0 Å². The van der Waals surface area contributed by atoms with Crippen LogP contribution in [-0.2, 0) is 0 Å². The van der Waals surface area contributed by atoms with Crippen LogP contribution in [0.25, 0.3) is 33.1 Å². The second kappa shape index (κ2) is 9.34. The lowest BCUT2D eigenvalue weighted by Gasteiger charge is -2.08. The number of halogens is 4. The maximum Gasteiger partial charge on any atom is 0.266 e. The van der Waals surface area contributed by atoms with Gasteiger partial charge in [-0.15, -0.1) is 0 Å². The molecule has 192 valence electrons. The molecule has 6 nitrogen and oxygen atoms in total. The lowest BCUT2D eigenvalue weighted by Crippen LogP contribution is -2.13. The zero-order valence-electron chi connectivity index (χ0n) is 19.8. The van der Waals surface area contributed by atoms with Gasteiger partial charge in [-0.2, -0.15) is 0 Å². The average Bonchev–Trinajstić information content (AvgIpc) is 3.55. The maximum absolute atomic E-state index is 14.9. The maximum atomic E-state index is 14.9. The van der Waals surface area contributed by atoms with Gasteiger partial charge in [0.05, 0.1) is 32.4 Å². The van der Waals surface area contributed by atoms with Crippen molar-refractivity contribution >= 4 is 62.5 Å². The summed E-state index contributed by atoms with van der Waals surface area (Å²) in [7, 11) is 0. The molecule has 0 unspecified atom stereocenters. The van der Waals surface area contributed by atoms with Crippen molar-refractivity contribution in [2.45, 2.75) is 0 Å². The highest BCUT2D eigenvalue weighted by atomic mass is 35.5. The molecule has 0 aliphatic rings. The molecule has 6 rings (SSSR count). The van der Waals surface area contributed by atoms with E-state index in [0.29, 0.717) is 5.56 Å². The SMILES string of the molecule is Nc1ccc(F)c(C(=O)c2cn(C(=O)c3c(Cl)cccc3Cl)c3ncc(-c4ccc5[nH]ccc5c4)cc23)c1F. The highest BCUT2D eigenvalue weighted by Gasteiger charge is 2.28. The van der Waals surface area contributed by atoms with Gasteiger partial charge in [0.1, 0.15) is 11.5 Å². The van der Waals surface area contributed by atoms with Gasteiger partial charge in [0.15, 0.2) is 5.82 Å². The quantitative estimate of drug-likeness (QED) is 0.175. The summed E-state index contributed by atoms with van der Waals surface area (Å²) >= 11 is 12.5. The van der Waals surface area contributed by atoms with Crippen LogP contribution in [0.5, 0.6) is 0 Å². The highest BCUT2D eigenvalue weighted by Crippen LogP contribution is 2.33. The average molecular weight is 561 g/mol. The number of aromatic amines is 1. The minimum Gasteiger partial charge on any atom is -0.396 e. The summed E-state index contributed by atoms with van der Waals surface area (Å²) in [6.45, 7) is 0. The smallest absolute Gasteiger partial charge is 0.266 e. The summed E-state index contributed by atoms with van der Waals surface area (Å²) < 4.78 is 30.7. The van der Waals surface area contributed by atoms with E-state index in [1.54, 1.807) is 18.3 Å². The van der Waals surface area contributed by atoms with E-state index in [2.05, 4.69) is 9.97 Å². The van der Waals surface area contributed by atoms with Gasteiger partial charge in [-0.05, 0) is 59.5 Å². The fraction of sp³-hybridized carbons (Fsp3) is 0. The van der Waals surface area contributed by atoms with Gasteiger partial charge in [0.2, 0.25) is 5.78 Å². The summed E-state index contributed by atoms with van der Waals surface area (Å²) in [6, 6.07) is 15.8. The number of nitrogens with one attached hydrogen (secondary N) is 1. The Hall–Kier alpha value is -4.53. The van der Waals surface area contributed by atoms with Crippen LogP contribution in [0, 0.1) is 11.6 Å². The highest BCUT2D eigenvalue weighted by molar-refractivity contribution is 6.40. The molecule has 39 heavy (non-hydrogen) atoms. The molecule has 0 spiro atoms. The fourth-order valence-electron chi connectivity index (χ4n) is 4.57. The lowest BCUT2D eigenvalue weighted by molar-refractivity contribution is 0.0964. The Morgan fingerprint density at radius 2 is 1.69 bits per heavy atom. The second-order valence-corrected chi connectivity index (χ2v) is 9.66. The Morgan fingerprint density at radius 1 is 0.923 bits per heavy atom. The molecule has 3 aromatic carbocycles.